The molecule has 0 fully saturated rings. The lowest BCUT2D eigenvalue weighted by atomic mass is 10.1. The summed E-state index contributed by atoms with van der Waals surface area (Å²) in [5, 5.41) is 11.8. The van der Waals surface area contributed by atoms with E-state index in [9.17, 15) is 4.79 Å². The number of nitrogens with one attached hydrogen (secondary N) is 1. The van der Waals surface area contributed by atoms with Crippen LogP contribution in [0.15, 0.2) is 28.7 Å². The molecular formula is C13H15BrN2O. The van der Waals surface area contributed by atoms with Gasteiger partial charge in [-0.2, -0.15) is 5.26 Å². The quantitative estimate of drug-likeness (QED) is 0.927. The van der Waals surface area contributed by atoms with E-state index in [0.29, 0.717) is 6.42 Å². The molecule has 1 amide bonds. The number of hydrogen-bond donors (Lipinski definition) is 1. The summed E-state index contributed by atoms with van der Waals surface area (Å²) in [6, 6.07) is 8.91. The van der Waals surface area contributed by atoms with Gasteiger partial charge in [-0.1, -0.05) is 41.9 Å². The van der Waals surface area contributed by atoms with E-state index in [4.69, 9.17) is 5.26 Å². The maximum Gasteiger partial charge on any atom is 0.221 e. The number of carbonyl (C=O) groups excluding carboxylic acids is 1. The highest BCUT2D eigenvalue weighted by molar-refractivity contribution is 9.10. The lowest BCUT2D eigenvalue weighted by Gasteiger charge is -2.13. The highest BCUT2D eigenvalue weighted by Crippen LogP contribution is 2.18. The van der Waals surface area contributed by atoms with E-state index in [2.05, 4.69) is 27.3 Å². The molecule has 0 aliphatic heterocycles. The Morgan fingerprint density at radius 1 is 1.53 bits per heavy atom. The molecule has 0 aliphatic rings. The van der Waals surface area contributed by atoms with Crippen LogP contribution in [-0.2, 0) is 4.79 Å². The van der Waals surface area contributed by atoms with Crippen molar-refractivity contribution in [3.8, 4) is 6.07 Å². The van der Waals surface area contributed by atoms with Crippen LogP contribution >= 0.6 is 15.9 Å². The minimum Gasteiger partial charge on any atom is -0.337 e. The molecule has 17 heavy (non-hydrogen) atoms. The summed E-state index contributed by atoms with van der Waals surface area (Å²) < 4.78 is 0.897. The molecule has 0 unspecified atom stereocenters. The molecule has 0 aromatic heterocycles. The zero-order valence-corrected chi connectivity index (χ0v) is 11.5. The Bertz CT molecular complexity index is 437. The lowest BCUT2D eigenvalue weighted by Crippen LogP contribution is -2.28. The second-order valence-corrected chi connectivity index (χ2v) is 5.20. The van der Waals surface area contributed by atoms with Gasteiger partial charge in [-0.15, -0.1) is 0 Å². The first-order valence-electron chi connectivity index (χ1n) is 5.47. The van der Waals surface area contributed by atoms with Gasteiger partial charge in [-0.25, -0.2) is 0 Å². The molecule has 4 heteroatoms. The number of amides is 1. The molecule has 1 N–H and O–H groups in total. The number of benzene rings is 1. The van der Waals surface area contributed by atoms with Crippen LogP contribution in [0.3, 0.4) is 0 Å². The Morgan fingerprint density at radius 3 is 2.76 bits per heavy atom. The number of nitrogens with zero attached hydrogens (tertiary/aromatic N) is 1. The van der Waals surface area contributed by atoms with Crippen LogP contribution in [0, 0.1) is 17.2 Å². The van der Waals surface area contributed by atoms with Crippen molar-refractivity contribution in [3.05, 3.63) is 34.3 Å². The van der Waals surface area contributed by atoms with Gasteiger partial charge in [0.15, 0.2) is 0 Å². The maximum absolute atomic E-state index is 11.6. The average molecular weight is 295 g/mol. The zero-order chi connectivity index (χ0) is 12.8. The lowest BCUT2D eigenvalue weighted by molar-refractivity contribution is -0.122. The normalized spacial score (nSPS) is 11.9. The summed E-state index contributed by atoms with van der Waals surface area (Å²) in [4.78, 5) is 11.6. The number of nitriles is 1. The zero-order valence-electron chi connectivity index (χ0n) is 9.90. The highest BCUT2D eigenvalue weighted by atomic mass is 79.9. The molecule has 0 radical (unpaired) electrons. The third-order valence-corrected chi connectivity index (χ3v) is 2.70. The molecular weight excluding hydrogens is 280 g/mol. The van der Waals surface area contributed by atoms with Crippen LogP contribution in [-0.4, -0.2) is 5.91 Å². The van der Waals surface area contributed by atoms with E-state index in [1.807, 2.05) is 38.1 Å². The summed E-state index contributed by atoms with van der Waals surface area (Å²) in [5.41, 5.74) is 0.791. The van der Waals surface area contributed by atoms with E-state index in [1.54, 1.807) is 0 Å². The number of rotatable bonds is 4. The number of carbonyl (C=O) groups is 1. The smallest absolute Gasteiger partial charge is 0.221 e. The van der Waals surface area contributed by atoms with Gasteiger partial charge >= 0.3 is 0 Å². The number of halogens is 1. The van der Waals surface area contributed by atoms with Gasteiger partial charge in [0.05, 0.1) is 6.07 Å². The van der Waals surface area contributed by atoms with Crippen LogP contribution in [0.25, 0.3) is 0 Å². The third kappa shape index (κ3) is 4.58. The highest BCUT2D eigenvalue weighted by Gasteiger charge is 2.14. The van der Waals surface area contributed by atoms with Crippen LogP contribution < -0.4 is 5.32 Å². The molecule has 0 aliphatic carbocycles. The summed E-state index contributed by atoms with van der Waals surface area (Å²) in [5.74, 6) is 0.198. The molecule has 90 valence electrons. The average Bonchev–Trinajstić information content (AvgIpc) is 2.24. The third-order valence-electron chi connectivity index (χ3n) is 2.21. The van der Waals surface area contributed by atoms with E-state index in [0.717, 1.165) is 10.0 Å². The van der Waals surface area contributed by atoms with Crippen molar-refractivity contribution >= 4 is 21.8 Å². The van der Waals surface area contributed by atoms with Crippen LogP contribution in [0.5, 0.6) is 0 Å². The molecule has 3 nitrogen and oxygen atoms in total. The van der Waals surface area contributed by atoms with Crippen LogP contribution in [0.1, 0.15) is 31.9 Å². The fourth-order valence-corrected chi connectivity index (χ4v) is 1.88. The van der Waals surface area contributed by atoms with E-state index >= 15 is 0 Å². The molecule has 0 saturated carbocycles. The Balaban J connectivity index is 2.73. The molecule has 0 heterocycles. The molecule has 1 atom stereocenters. The van der Waals surface area contributed by atoms with Crippen molar-refractivity contribution < 1.29 is 4.79 Å². The predicted molar refractivity (Wildman–Crippen MR) is 70.1 cm³/mol. The first-order chi connectivity index (χ1) is 8.02. The van der Waals surface area contributed by atoms with Gasteiger partial charge in [-0.3, -0.25) is 4.79 Å². The summed E-state index contributed by atoms with van der Waals surface area (Å²) in [7, 11) is 0. The summed E-state index contributed by atoms with van der Waals surface area (Å²) >= 11 is 3.34. The van der Waals surface area contributed by atoms with Gasteiger partial charge in [0.1, 0.15) is 6.04 Å². The second kappa shape index (κ2) is 6.41. The van der Waals surface area contributed by atoms with Gasteiger partial charge < -0.3 is 5.32 Å². The SMILES string of the molecule is CC(C)CC(=O)N[C@@H](C#N)c1cccc(Br)c1. The topological polar surface area (TPSA) is 52.9 Å². The van der Waals surface area contributed by atoms with Crippen molar-refractivity contribution in [2.24, 2.45) is 5.92 Å². The van der Waals surface area contributed by atoms with Gasteiger partial charge in [0.25, 0.3) is 0 Å². The van der Waals surface area contributed by atoms with Crippen LogP contribution in [0.2, 0.25) is 0 Å². The molecule has 1 rings (SSSR count). The van der Waals surface area contributed by atoms with Crippen molar-refractivity contribution in [2.45, 2.75) is 26.3 Å². The van der Waals surface area contributed by atoms with Crippen molar-refractivity contribution in [1.82, 2.24) is 5.32 Å². The largest absolute Gasteiger partial charge is 0.337 e. The van der Waals surface area contributed by atoms with Gasteiger partial charge in [0.2, 0.25) is 5.91 Å². The molecule has 0 spiro atoms. The minimum absolute atomic E-state index is 0.0912. The minimum atomic E-state index is -0.584. The van der Waals surface area contributed by atoms with Crippen molar-refractivity contribution in [2.75, 3.05) is 0 Å². The van der Waals surface area contributed by atoms with E-state index in [1.165, 1.54) is 0 Å². The first-order valence-corrected chi connectivity index (χ1v) is 6.26. The molecule has 1 aromatic carbocycles. The van der Waals surface area contributed by atoms with Crippen molar-refractivity contribution in [3.63, 3.8) is 0 Å². The van der Waals surface area contributed by atoms with Crippen molar-refractivity contribution in [1.29, 1.82) is 5.26 Å². The summed E-state index contributed by atoms with van der Waals surface area (Å²) in [6.07, 6.45) is 0.437. The summed E-state index contributed by atoms with van der Waals surface area (Å²) in [6.45, 7) is 3.94. The monoisotopic (exact) mass is 294 g/mol. The fraction of sp³-hybridized carbons (Fsp3) is 0.385. The fourth-order valence-electron chi connectivity index (χ4n) is 1.47. The van der Waals surface area contributed by atoms with E-state index < -0.39 is 6.04 Å². The maximum atomic E-state index is 11.6. The van der Waals surface area contributed by atoms with Crippen LogP contribution in [0.4, 0.5) is 0 Å². The Kier molecular flexibility index (Phi) is 5.17. The van der Waals surface area contributed by atoms with E-state index in [-0.39, 0.29) is 11.8 Å². The number of hydrogen-bond acceptors (Lipinski definition) is 2. The Hall–Kier alpha value is -1.34. The second-order valence-electron chi connectivity index (χ2n) is 4.28. The Morgan fingerprint density at radius 2 is 2.24 bits per heavy atom. The molecule has 0 bridgehead atoms. The molecule has 1 aromatic rings. The first kappa shape index (κ1) is 13.7. The van der Waals surface area contributed by atoms with Gasteiger partial charge in [0, 0.05) is 10.9 Å². The predicted octanol–water partition coefficient (Wildman–Crippen LogP) is 3.18. The molecule has 0 saturated heterocycles. The Labute approximate surface area is 110 Å². The standard InChI is InChI=1S/C13H15BrN2O/c1-9(2)6-13(17)16-12(8-15)10-4-3-5-11(14)7-10/h3-5,7,9,12H,6H2,1-2H3,(H,16,17)/t12-/m0/s1. The van der Waals surface area contributed by atoms with Gasteiger partial charge in [-0.05, 0) is 23.6 Å².